The SMILES string of the molecule is CC(Cl)(Cl)CCCCCCCl. The van der Waals surface area contributed by atoms with E-state index in [4.69, 9.17) is 34.8 Å². The first kappa shape index (κ1) is 11.9. The number of halogens is 3. The van der Waals surface area contributed by atoms with Gasteiger partial charge in [0.15, 0.2) is 0 Å². The molecule has 0 heterocycles. The molecule has 0 saturated heterocycles. The maximum absolute atomic E-state index is 5.79. The van der Waals surface area contributed by atoms with Gasteiger partial charge in [-0.1, -0.05) is 19.3 Å². The van der Waals surface area contributed by atoms with Gasteiger partial charge in [-0.05, 0) is 19.8 Å². The van der Waals surface area contributed by atoms with Crippen LogP contribution in [0.1, 0.15) is 39.0 Å². The van der Waals surface area contributed by atoms with Gasteiger partial charge in [0.25, 0.3) is 0 Å². The van der Waals surface area contributed by atoms with Crippen LogP contribution in [0.5, 0.6) is 0 Å². The number of hydrogen-bond donors (Lipinski definition) is 0. The molecule has 0 aliphatic carbocycles. The average molecular weight is 218 g/mol. The molecule has 68 valence electrons. The Balaban J connectivity index is 3.02. The Labute approximate surface area is 84.2 Å². The Morgan fingerprint density at radius 2 is 1.55 bits per heavy atom. The summed E-state index contributed by atoms with van der Waals surface area (Å²) in [5.41, 5.74) is 0. The monoisotopic (exact) mass is 216 g/mol. The highest BCUT2D eigenvalue weighted by molar-refractivity contribution is 6.48. The Bertz CT molecular complexity index is 85.8. The minimum atomic E-state index is -0.541. The lowest BCUT2D eigenvalue weighted by atomic mass is 10.1. The van der Waals surface area contributed by atoms with Gasteiger partial charge in [0.1, 0.15) is 4.33 Å². The maximum Gasteiger partial charge on any atom is 0.115 e. The second-order valence-corrected chi connectivity index (χ2v) is 5.16. The van der Waals surface area contributed by atoms with Gasteiger partial charge in [0, 0.05) is 5.88 Å². The molecule has 0 radical (unpaired) electrons. The number of alkyl halides is 3. The third-order valence-corrected chi connectivity index (χ3v) is 2.14. The van der Waals surface area contributed by atoms with Crippen molar-refractivity contribution in [1.29, 1.82) is 0 Å². The van der Waals surface area contributed by atoms with Gasteiger partial charge in [-0.25, -0.2) is 0 Å². The van der Waals surface area contributed by atoms with Gasteiger partial charge in [-0.3, -0.25) is 0 Å². The lowest BCUT2D eigenvalue weighted by Crippen LogP contribution is -2.04. The molecule has 0 rings (SSSR count). The van der Waals surface area contributed by atoms with Crippen molar-refractivity contribution >= 4 is 34.8 Å². The summed E-state index contributed by atoms with van der Waals surface area (Å²) in [7, 11) is 0. The van der Waals surface area contributed by atoms with Crippen LogP contribution in [0, 0.1) is 0 Å². The first-order valence-corrected chi connectivity index (χ1v) is 5.29. The minimum Gasteiger partial charge on any atom is -0.127 e. The van der Waals surface area contributed by atoms with E-state index in [1.807, 2.05) is 6.92 Å². The molecular formula is C8H15Cl3. The molecule has 0 fully saturated rings. The molecule has 0 unspecified atom stereocenters. The molecule has 0 spiro atoms. The summed E-state index contributed by atoms with van der Waals surface area (Å²) in [6.07, 6.45) is 5.44. The molecule has 11 heavy (non-hydrogen) atoms. The van der Waals surface area contributed by atoms with E-state index in [2.05, 4.69) is 0 Å². The highest BCUT2D eigenvalue weighted by atomic mass is 35.5. The van der Waals surface area contributed by atoms with Crippen LogP contribution in [0.15, 0.2) is 0 Å². The van der Waals surface area contributed by atoms with Crippen LogP contribution in [0.4, 0.5) is 0 Å². The quantitative estimate of drug-likeness (QED) is 0.458. The van der Waals surface area contributed by atoms with E-state index in [1.165, 1.54) is 12.8 Å². The van der Waals surface area contributed by atoms with E-state index in [-0.39, 0.29) is 0 Å². The van der Waals surface area contributed by atoms with E-state index >= 15 is 0 Å². The molecule has 0 aromatic carbocycles. The Morgan fingerprint density at radius 1 is 1.00 bits per heavy atom. The fourth-order valence-corrected chi connectivity index (χ4v) is 1.34. The normalized spacial score (nSPS) is 12.0. The first-order valence-electron chi connectivity index (χ1n) is 4.00. The van der Waals surface area contributed by atoms with Gasteiger partial charge in [0.2, 0.25) is 0 Å². The summed E-state index contributed by atoms with van der Waals surface area (Å²) < 4.78 is -0.541. The van der Waals surface area contributed by atoms with Crippen molar-refractivity contribution < 1.29 is 0 Å². The Morgan fingerprint density at radius 3 is 2.00 bits per heavy atom. The first-order chi connectivity index (χ1) is 5.06. The van der Waals surface area contributed by atoms with Crippen molar-refractivity contribution in [2.45, 2.75) is 43.4 Å². The fourth-order valence-electron chi connectivity index (χ4n) is 0.883. The zero-order chi connectivity index (χ0) is 8.74. The Kier molecular flexibility index (Phi) is 6.90. The van der Waals surface area contributed by atoms with Gasteiger partial charge in [0.05, 0.1) is 0 Å². The number of hydrogen-bond acceptors (Lipinski definition) is 0. The van der Waals surface area contributed by atoms with Crippen LogP contribution < -0.4 is 0 Å². The molecule has 0 aliphatic heterocycles. The standard InChI is InChI=1S/C8H15Cl3/c1-8(10,11)6-4-2-3-5-7-9/h2-7H2,1H3. The molecule has 0 atom stereocenters. The molecule has 0 nitrogen and oxygen atoms in total. The van der Waals surface area contributed by atoms with E-state index in [0.29, 0.717) is 0 Å². The van der Waals surface area contributed by atoms with Gasteiger partial charge in [-0.15, -0.1) is 34.8 Å². The van der Waals surface area contributed by atoms with Crippen LogP contribution in [-0.2, 0) is 0 Å². The van der Waals surface area contributed by atoms with E-state index in [9.17, 15) is 0 Å². The highest BCUT2D eigenvalue weighted by Gasteiger charge is 2.14. The molecule has 0 aromatic heterocycles. The van der Waals surface area contributed by atoms with Gasteiger partial charge in [-0.2, -0.15) is 0 Å². The summed E-state index contributed by atoms with van der Waals surface area (Å²) in [5.74, 6) is 0.763. The summed E-state index contributed by atoms with van der Waals surface area (Å²) in [5, 5.41) is 0. The third-order valence-electron chi connectivity index (χ3n) is 1.50. The highest BCUT2D eigenvalue weighted by Crippen LogP contribution is 2.26. The largest absolute Gasteiger partial charge is 0.127 e. The zero-order valence-corrected chi connectivity index (χ0v) is 9.14. The molecule has 0 amide bonds. The smallest absolute Gasteiger partial charge is 0.115 e. The average Bonchev–Trinajstić information content (AvgIpc) is 1.85. The summed E-state index contributed by atoms with van der Waals surface area (Å²) in [6, 6.07) is 0. The van der Waals surface area contributed by atoms with Crippen LogP contribution in [0.25, 0.3) is 0 Å². The molecule has 0 bridgehead atoms. The van der Waals surface area contributed by atoms with Crippen LogP contribution in [0.3, 0.4) is 0 Å². The van der Waals surface area contributed by atoms with E-state index in [1.54, 1.807) is 0 Å². The van der Waals surface area contributed by atoms with Gasteiger partial charge < -0.3 is 0 Å². The van der Waals surface area contributed by atoms with Crippen molar-refractivity contribution in [3.63, 3.8) is 0 Å². The van der Waals surface area contributed by atoms with Crippen LogP contribution in [-0.4, -0.2) is 10.2 Å². The van der Waals surface area contributed by atoms with Crippen molar-refractivity contribution in [1.82, 2.24) is 0 Å². The molecule has 0 saturated carbocycles. The summed E-state index contributed by atoms with van der Waals surface area (Å²) in [4.78, 5) is 0. The van der Waals surface area contributed by atoms with Crippen molar-refractivity contribution in [2.24, 2.45) is 0 Å². The fraction of sp³-hybridized carbons (Fsp3) is 1.00. The third kappa shape index (κ3) is 10.9. The number of unbranched alkanes of at least 4 members (excludes halogenated alkanes) is 3. The van der Waals surface area contributed by atoms with E-state index < -0.39 is 4.33 Å². The van der Waals surface area contributed by atoms with Crippen molar-refractivity contribution in [3.05, 3.63) is 0 Å². The van der Waals surface area contributed by atoms with Crippen molar-refractivity contribution in [2.75, 3.05) is 5.88 Å². The van der Waals surface area contributed by atoms with Gasteiger partial charge >= 0.3 is 0 Å². The molecule has 0 aliphatic rings. The van der Waals surface area contributed by atoms with Crippen LogP contribution in [0.2, 0.25) is 0 Å². The Hall–Kier alpha value is 0.870. The second-order valence-electron chi connectivity index (χ2n) is 2.92. The lowest BCUT2D eigenvalue weighted by molar-refractivity contribution is 0.609. The summed E-state index contributed by atoms with van der Waals surface area (Å²) in [6.45, 7) is 1.83. The maximum atomic E-state index is 5.79. The molecule has 3 heteroatoms. The number of rotatable bonds is 6. The molecule has 0 N–H and O–H groups in total. The minimum absolute atomic E-state index is 0.541. The van der Waals surface area contributed by atoms with E-state index in [0.717, 1.165) is 25.1 Å². The molecule has 0 aromatic rings. The summed E-state index contributed by atoms with van der Waals surface area (Å²) >= 11 is 17.1. The topological polar surface area (TPSA) is 0 Å². The molecular weight excluding hydrogens is 202 g/mol. The van der Waals surface area contributed by atoms with Crippen molar-refractivity contribution in [3.8, 4) is 0 Å². The second kappa shape index (κ2) is 6.39. The lowest BCUT2D eigenvalue weighted by Gasteiger charge is -2.11. The zero-order valence-electron chi connectivity index (χ0n) is 6.88. The van der Waals surface area contributed by atoms with Crippen LogP contribution >= 0.6 is 34.8 Å². The predicted octanol–water partition coefficient (Wildman–Crippen LogP) is 4.37. The predicted molar refractivity (Wildman–Crippen MR) is 53.9 cm³/mol.